The van der Waals surface area contributed by atoms with Crippen LogP contribution in [0.15, 0.2) is 41.3 Å². The molecule has 1 aromatic carbocycles. The van der Waals surface area contributed by atoms with Crippen molar-refractivity contribution in [2.24, 2.45) is 0 Å². The fraction of sp³-hybridized carbons (Fsp3) is 0.464. The molecule has 10 heteroatoms. The number of amides is 1. The Hall–Kier alpha value is -3.34. The van der Waals surface area contributed by atoms with E-state index >= 15 is 0 Å². The van der Waals surface area contributed by atoms with Crippen LogP contribution in [0, 0.1) is 5.82 Å². The van der Waals surface area contributed by atoms with Crippen molar-refractivity contribution in [1.82, 2.24) is 19.8 Å². The summed E-state index contributed by atoms with van der Waals surface area (Å²) in [5.74, 6) is -1.54. The van der Waals surface area contributed by atoms with Crippen molar-refractivity contribution < 1.29 is 24.1 Å². The van der Waals surface area contributed by atoms with Gasteiger partial charge in [0.25, 0.3) is 11.5 Å². The topological polar surface area (TPSA) is 117 Å². The summed E-state index contributed by atoms with van der Waals surface area (Å²) < 4.78 is 20.3. The van der Waals surface area contributed by atoms with Crippen LogP contribution in [0.1, 0.15) is 42.5 Å². The van der Waals surface area contributed by atoms with Crippen LogP contribution < -0.4 is 10.9 Å². The molecule has 1 aliphatic heterocycles. The number of pyridine rings is 2. The minimum atomic E-state index is -0.823. The van der Waals surface area contributed by atoms with Gasteiger partial charge in [-0.1, -0.05) is 31.4 Å². The Labute approximate surface area is 219 Å². The first-order valence-corrected chi connectivity index (χ1v) is 13.2. The van der Waals surface area contributed by atoms with Gasteiger partial charge in [0.2, 0.25) is 0 Å². The van der Waals surface area contributed by atoms with Crippen LogP contribution in [0.2, 0.25) is 0 Å². The highest BCUT2D eigenvalue weighted by Crippen LogP contribution is 2.32. The average Bonchev–Trinajstić information content (AvgIpc) is 2.94. The van der Waals surface area contributed by atoms with Crippen molar-refractivity contribution in [3.63, 3.8) is 0 Å². The van der Waals surface area contributed by atoms with E-state index in [1.165, 1.54) is 16.7 Å². The third-order valence-electron chi connectivity index (χ3n) is 7.71. The fourth-order valence-corrected chi connectivity index (χ4v) is 5.45. The molecular formula is C28H33FN4O5. The predicted molar refractivity (Wildman–Crippen MR) is 141 cm³/mol. The molecule has 202 valence electrons. The van der Waals surface area contributed by atoms with E-state index in [0.717, 1.165) is 32.4 Å². The lowest BCUT2D eigenvalue weighted by molar-refractivity contribution is 0.0364. The Kier molecular flexibility index (Phi) is 7.73. The molecule has 0 radical (unpaired) electrons. The van der Waals surface area contributed by atoms with E-state index < -0.39 is 22.8 Å². The normalized spacial score (nSPS) is 17.9. The highest BCUT2D eigenvalue weighted by molar-refractivity contribution is 6.02. The molecule has 0 atom stereocenters. The number of fused-ring (bicyclic) bond motifs is 1. The Balaban J connectivity index is 1.59. The van der Waals surface area contributed by atoms with Crippen LogP contribution in [0.5, 0.6) is 5.75 Å². The van der Waals surface area contributed by atoms with Crippen LogP contribution in [0.3, 0.4) is 0 Å². The second-order valence-corrected chi connectivity index (χ2v) is 10.2. The summed E-state index contributed by atoms with van der Waals surface area (Å²) in [6.45, 7) is 3.27. The SMILES string of the molecule is O=C(NC1(CO)CCCCC1)c1c(O)c2cc(-c3ccc(F)cc3)cnc2n(CCN2CCOCC2)c1=O. The minimum Gasteiger partial charge on any atom is -0.506 e. The van der Waals surface area contributed by atoms with Gasteiger partial charge in [-0.05, 0) is 36.6 Å². The number of ether oxygens (including phenoxy) is 1. The molecular weight excluding hydrogens is 491 g/mol. The monoisotopic (exact) mass is 524 g/mol. The lowest BCUT2D eigenvalue weighted by atomic mass is 9.82. The average molecular weight is 525 g/mol. The molecule has 0 spiro atoms. The number of halogens is 1. The number of aliphatic hydroxyl groups excluding tert-OH is 1. The maximum atomic E-state index is 13.7. The minimum absolute atomic E-state index is 0.241. The second-order valence-electron chi connectivity index (χ2n) is 10.2. The smallest absolute Gasteiger partial charge is 0.268 e. The molecule has 3 heterocycles. The van der Waals surface area contributed by atoms with Gasteiger partial charge in [-0.3, -0.25) is 19.1 Å². The number of hydrogen-bond acceptors (Lipinski definition) is 7. The number of aromatic nitrogens is 2. The molecule has 1 aliphatic carbocycles. The van der Waals surface area contributed by atoms with E-state index in [4.69, 9.17) is 4.74 Å². The zero-order valence-electron chi connectivity index (χ0n) is 21.3. The molecule has 2 fully saturated rings. The molecule has 2 aromatic heterocycles. The molecule has 1 amide bonds. The van der Waals surface area contributed by atoms with E-state index in [-0.39, 0.29) is 35.6 Å². The lowest BCUT2D eigenvalue weighted by Crippen LogP contribution is -2.53. The summed E-state index contributed by atoms with van der Waals surface area (Å²) in [7, 11) is 0. The molecule has 0 unspecified atom stereocenters. The number of morpholine rings is 1. The quantitative estimate of drug-likeness (QED) is 0.435. The van der Waals surface area contributed by atoms with E-state index in [2.05, 4.69) is 15.2 Å². The maximum absolute atomic E-state index is 13.7. The van der Waals surface area contributed by atoms with Gasteiger partial charge in [0.05, 0.1) is 30.7 Å². The summed E-state index contributed by atoms with van der Waals surface area (Å²) in [5, 5.41) is 24.5. The summed E-state index contributed by atoms with van der Waals surface area (Å²) in [4.78, 5) is 33.9. The van der Waals surface area contributed by atoms with Crippen molar-refractivity contribution in [3.05, 3.63) is 58.3 Å². The van der Waals surface area contributed by atoms with Crippen LogP contribution >= 0.6 is 0 Å². The first kappa shape index (κ1) is 26.3. The molecule has 1 saturated carbocycles. The number of carbonyl (C=O) groups is 1. The Morgan fingerprint density at radius 2 is 1.79 bits per heavy atom. The molecule has 3 N–H and O–H groups in total. The van der Waals surface area contributed by atoms with Gasteiger partial charge in [0.15, 0.2) is 0 Å². The number of hydrogen-bond donors (Lipinski definition) is 3. The van der Waals surface area contributed by atoms with Gasteiger partial charge < -0.3 is 20.3 Å². The number of aromatic hydroxyl groups is 1. The van der Waals surface area contributed by atoms with Gasteiger partial charge in [0, 0.05) is 37.9 Å². The third-order valence-corrected chi connectivity index (χ3v) is 7.71. The molecule has 0 bridgehead atoms. The van der Waals surface area contributed by atoms with E-state index in [0.29, 0.717) is 43.7 Å². The summed E-state index contributed by atoms with van der Waals surface area (Å²) in [6.07, 6.45) is 5.52. The van der Waals surface area contributed by atoms with Crippen molar-refractivity contribution in [3.8, 4) is 16.9 Å². The molecule has 2 aliphatic rings. The zero-order chi connectivity index (χ0) is 26.7. The van der Waals surface area contributed by atoms with Gasteiger partial charge in [-0.2, -0.15) is 0 Å². The second kappa shape index (κ2) is 11.2. The molecule has 1 saturated heterocycles. The number of benzene rings is 1. The zero-order valence-corrected chi connectivity index (χ0v) is 21.3. The highest BCUT2D eigenvalue weighted by atomic mass is 19.1. The van der Waals surface area contributed by atoms with Crippen LogP contribution in [-0.4, -0.2) is 75.6 Å². The standard InChI is InChI=1S/C28H33FN4O5/c29-21-6-4-19(5-7-21)20-16-22-24(35)23(26(36)31-28(18-34)8-2-1-3-9-28)27(37)33(25(22)30-17-20)11-10-32-12-14-38-15-13-32/h4-7,16-17,34-35H,1-3,8-15,18H2,(H,31,36). The predicted octanol–water partition coefficient (Wildman–Crippen LogP) is 2.67. The van der Waals surface area contributed by atoms with Gasteiger partial charge >= 0.3 is 0 Å². The number of nitrogens with one attached hydrogen (secondary N) is 1. The Bertz CT molecular complexity index is 1360. The Morgan fingerprint density at radius 3 is 2.47 bits per heavy atom. The number of carbonyl (C=O) groups excluding carboxylic acids is 1. The van der Waals surface area contributed by atoms with Crippen LogP contribution in [-0.2, 0) is 11.3 Å². The first-order valence-electron chi connectivity index (χ1n) is 13.2. The molecule has 5 rings (SSSR count). The number of aliphatic hydroxyl groups is 1. The first-order chi connectivity index (χ1) is 18.4. The van der Waals surface area contributed by atoms with Gasteiger partial charge in [-0.25, -0.2) is 9.37 Å². The van der Waals surface area contributed by atoms with E-state index in [9.17, 15) is 24.2 Å². The largest absolute Gasteiger partial charge is 0.506 e. The van der Waals surface area contributed by atoms with Crippen molar-refractivity contribution >= 4 is 16.9 Å². The van der Waals surface area contributed by atoms with E-state index in [1.54, 1.807) is 24.4 Å². The number of nitrogens with zero attached hydrogens (tertiary/aromatic N) is 3. The van der Waals surface area contributed by atoms with Gasteiger partial charge in [0.1, 0.15) is 22.8 Å². The van der Waals surface area contributed by atoms with Crippen molar-refractivity contribution in [2.75, 3.05) is 39.5 Å². The third kappa shape index (κ3) is 5.29. The Morgan fingerprint density at radius 1 is 1.08 bits per heavy atom. The number of rotatable bonds is 7. The highest BCUT2D eigenvalue weighted by Gasteiger charge is 2.35. The van der Waals surface area contributed by atoms with E-state index in [1.807, 2.05) is 0 Å². The molecule has 3 aromatic rings. The van der Waals surface area contributed by atoms with Crippen LogP contribution in [0.25, 0.3) is 22.2 Å². The summed E-state index contributed by atoms with van der Waals surface area (Å²) in [6, 6.07) is 7.53. The maximum Gasteiger partial charge on any atom is 0.268 e. The molecule has 38 heavy (non-hydrogen) atoms. The summed E-state index contributed by atoms with van der Waals surface area (Å²) >= 11 is 0. The van der Waals surface area contributed by atoms with Gasteiger partial charge in [-0.15, -0.1) is 0 Å². The lowest BCUT2D eigenvalue weighted by Gasteiger charge is -2.36. The van der Waals surface area contributed by atoms with Crippen LogP contribution in [0.4, 0.5) is 4.39 Å². The summed E-state index contributed by atoms with van der Waals surface area (Å²) in [5.41, 5.74) is -0.272. The van der Waals surface area contributed by atoms with Crippen molar-refractivity contribution in [1.29, 1.82) is 0 Å². The fourth-order valence-electron chi connectivity index (χ4n) is 5.45. The molecule has 9 nitrogen and oxygen atoms in total. The van der Waals surface area contributed by atoms with Crippen molar-refractivity contribution in [2.45, 2.75) is 44.2 Å².